The van der Waals surface area contributed by atoms with Crippen molar-refractivity contribution in [3.63, 3.8) is 0 Å². The number of furan rings is 1. The highest BCUT2D eigenvalue weighted by Gasteiger charge is 2.34. The van der Waals surface area contributed by atoms with Gasteiger partial charge < -0.3 is 19.8 Å². The first kappa shape index (κ1) is 27.9. The van der Waals surface area contributed by atoms with Gasteiger partial charge in [-0.25, -0.2) is 8.42 Å². The van der Waals surface area contributed by atoms with Crippen LogP contribution in [-0.4, -0.2) is 57.8 Å². The van der Waals surface area contributed by atoms with Crippen molar-refractivity contribution in [2.45, 2.75) is 44.6 Å². The molecule has 0 spiro atoms. The zero-order valence-electron chi connectivity index (χ0n) is 23.2. The van der Waals surface area contributed by atoms with Crippen LogP contribution in [-0.2, 0) is 23.0 Å². The van der Waals surface area contributed by atoms with Crippen LogP contribution < -0.4 is 15.4 Å². The number of ether oxygens (including phenoxy) is 1. The third-order valence-corrected chi connectivity index (χ3v) is 9.39. The first-order valence-corrected chi connectivity index (χ1v) is 15.1. The Labute approximate surface area is 235 Å². The molecule has 1 aromatic heterocycles. The van der Waals surface area contributed by atoms with Crippen molar-refractivity contribution in [2.24, 2.45) is 10.9 Å². The molecule has 5 rings (SSSR count). The van der Waals surface area contributed by atoms with E-state index in [1.165, 1.54) is 10.6 Å². The Kier molecular flexibility index (Phi) is 8.27. The van der Waals surface area contributed by atoms with Gasteiger partial charge in [0.15, 0.2) is 0 Å². The highest BCUT2D eigenvalue weighted by atomic mass is 32.2. The van der Waals surface area contributed by atoms with Gasteiger partial charge in [0, 0.05) is 25.2 Å². The number of hydrogen-bond acceptors (Lipinski definition) is 7. The molecule has 2 aromatic carbocycles. The Morgan fingerprint density at radius 1 is 1.15 bits per heavy atom. The second-order valence-electron chi connectivity index (χ2n) is 10.5. The van der Waals surface area contributed by atoms with Crippen LogP contribution in [0, 0.1) is 19.8 Å². The standard InChI is InChI=1S/C30H36N4O5S/c1-20-14-26(38-3)15-21(2)28(20)40(36,37)34(17-23-4-5-23)18-27-16-25(19-39-27)30(35)33-11-10-22-6-8-24(9-7-22)29-31-12-13-32-29/h6-9,14-16,19,23H,4-5,10-13,17-18H2,1-3H3,(H,31,32)(H,33,35). The van der Waals surface area contributed by atoms with E-state index in [1.807, 2.05) is 24.3 Å². The second-order valence-corrected chi connectivity index (χ2v) is 12.4. The van der Waals surface area contributed by atoms with Gasteiger partial charge in [-0.15, -0.1) is 0 Å². The fraction of sp³-hybridized carbons (Fsp3) is 0.400. The van der Waals surface area contributed by atoms with Crippen LogP contribution in [0.5, 0.6) is 5.75 Å². The average molecular weight is 565 g/mol. The molecule has 40 heavy (non-hydrogen) atoms. The Balaban J connectivity index is 1.22. The van der Waals surface area contributed by atoms with Crippen LogP contribution in [0.3, 0.4) is 0 Å². The molecule has 0 bridgehead atoms. The minimum absolute atomic E-state index is 0.0590. The smallest absolute Gasteiger partial charge is 0.254 e. The lowest BCUT2D eigenvalue weighted by Gasteiger charge is -2.23. The van der Waals surface area contributed by atoms with Crippen molar-refractivity contribution >= 4 is 21.8 Å². The number of amides is 1. The molecular weight excluding hydrogens is 528 g/mol. The molecule has 1 fully saturated rings. The predicted octanol–water partition coefficient (Wildman–Crippen LogP) is 3.83. The number of sulfonamides is 1. The highest BCUT2D eigenvalue weighted by molar-refractivity contribution is 7.89. The van der Waals surface area contributed by atoms with E-state index in [2.05, 4.69) is 15.6 Å². The maximum atomic E-state index is 13.8. The molecule has 2 heterocycles. The summed E-state index contributed by atoms with van der Waals surface area (Å²) in [6.45, 7) is 6.17. The highest BCUT2D eigenvalue weighted by Crippen LogP contribution is 2.35. The van der Waals surface area contributed by atoms with E-state index in [-0.39, 0.29) is 12.5 Å². The van der Waals surface area contributed by atoms with E-state index >= 15 is 0 Å². The summed E-state index contributed by atoms with van der Waals surface area (Å²) in [4.78, 5) is 17.5. The molecule has 2 aliphatic rings. The van der Waals surface area contributed by atoms with Crippen molar-refractivity contribution in [1.29, 1.82) is 0 Å². The van der Waals surface area contributed by atoms with Gasteiger partial charge in [0.05, 0.1) is 30.7 Å². The summed E-state index contributed by atoms with van der Waals surface area (Å²) in [6, 6.07) is 13.3. The monoisotopic (exact) mass is 564 g/mol. The third-order valence-electron chi connectivity index (χ3n) is 7.28. The Morgan fingerprint density at radius 2 is 1.88 bits per heavy atom. The zero-order valence-corrected chi connectivity index (χ0v) is 24.0. The maximum Gasteiger partial charge on any atom is 0.254 e. The van der Waals surface area contributed by atoms with Gasteiger partial charge >= 0.3 is 0 Å². The minimum atomic E-state index is -3.80. The molecule has 3 aromatic rings. The summed E-state index contributed by atoms with van der Waals surface area (Å²) in [5.41, 5.74) is 3.81. The van der Waals surface area contributed by atoms with Crippen LogP contribution in [0.4, 0.5) is 0 Å². The Bertz CT molecular complexity index is 1480. The van der Waals surface area contributed by atoms with Gasteiger partial charge in [-0.1, -0.05) is 24.3 Å². The normalized spacial score (nSPS) is 15.2. The molecule has 9 nitrogen and oxygen atoms in total. The van der Waals surface area contributed by atoms with Gasteiger partial charge in [-0.05, 0) is 73.9 Å². The maximum absolute atomic E-state index is 13.8. The van der Waals surface area contributed by atoms with Crippen LogP contribution in [0.15, 0.2) is 63.0 Å². The molecule has 0 saturated heterocycles. The number of rotatable bonds is 12. The molecule has 1 amide bonds. The fourth-order valence-electron chi connectivity index (χ4n) is 5.00. The summed E-state index contributed by atoms with van der Waals surface area (Å²) < 4.78 is 40.1. The van der Waals surface area contributed by atoms with Crippen molar-refractivity contribution in [1.82, 2.24) is 14.9 Å². The number of aliphatic imine (C=N–C) groups is 1. The van der Waals surface area contributed by atoms with Crippen molar-refractivity contribution in [2.75, 3.05) is 33.3 Å². The number of nitrogens with one attached hydrogen (secondary N) is 2. The first-order valence-electron chi connectivity index (χ1n) is 13.6. The topological polar surface area (TPSA) is 113 Å². The van der Waals surface area contributed by atoms with Crippen LogP contribution >= 0.6 is 0 Å². The molecule has 0 radical (unpaired) electrons. The van der Waals surface area contributed by atoms with Gasteiger partial charge in [0.25, 0.3) is 5.91 Å². The van der Waals surface area contributed by atoms with Gasteiger partial charge in [-0.2, -0.15) is 4.31 Å². The summed E-state index contributed by atoms with van der Waals surface area (Å²) in [5, 5.41) is 6.19. The molecule has 212 valence electrons. The third kappa shape index (κ3) is 6.39. The molecule has 1 aliphatic carbocycles. The largest absolute Gasteiger partial charge is 0.497 e. The van der Waals surface area contributed by atoms with Crippen LogP contribution in [0.1, 0.15) is 51.2 Å². The lowest BCUT2D eigenvalue weighted by atomic mass is 10.1. The summed E-state index contributed by atoms with van der Waals surface area (Å²) in [7, 11) is -2.24. The minimum Gasteiger partial charge on any atom is -0.497 e. The SMILES string of the molecule is COc1cc(C)c(S(=O)(=O)N(Cc2cc(C(=O)NCCc3ccc(C4=NCCN4)cc3)co2)CC2CC2)c(C)c1. The summed E-state index contributed by atoms with van der Waals surface area (Å²) in [5.74, 6) is 2.06. The number of carbonyl (C=O) groups is 1. The van der Waals surface area contributed by atoms with Crippen LogP contribution in [0.2, 0.25) is 0 Å². The number of aryl methyl sites for hydroxylation is 2. The lowest BCUT2D eigenvalue weighted by Crippen LogP contribution is -2.33. The number of hydrogen-bond donors (Lipinski definition) is 2. The number of amidine groups is 1. The molecule has 1 aliphatic heterocycles. The molecular formula is C30H36N4O5S. The molecule has 2 N–H and O–H groups in total. The van der Waals surface area contributed by atoms with Gasteiger partial charge in [0.1, 0.15) is 23.6 Å². The Morgan fingerprint density at radius 3 is 2.50 bits per heavy atom. The average Bonchev–Trinajstić information content (AvgIpc) is 3.36. The zero-order chi connectivity index (χ0) is 28.3. The van der Waals surface area contributed by atoms with Crippen molar-refractivity contribution in [3.8, 4) is 5.75 Å². The number of carbonyl (C=O) groups excluding carboxylic acids is 1. The molecule has 1 saturated carbocycles. The summed E-state index contributed by atoms with van der Waals surface area (Å²) >= 11 is 0. The quantitative estimate of drug-likeness (QED) is 0.346. The number of methoxy groups -OCH3 is 1. The predicted molar refractivity (Wildman–Crippen MR) is 153 cm³/mol. The summed E-state index contributed by atoms with van der Waals surface area (Å²) in [6.07, 6.45) is 4.09. The van der Waals surface area contributed by atoms with Gasteiger partial charge in [0.2, 0.25) is 10.0 Å². The van der Waals surface area contributed by atoms with Gasteiger partial charge in [-0.3, -0.25) is 9.79 Å². The lowest BCUT2D eigenvalue weighted by molar-refractivity contribution is 0.0953. The van der Waals surface area contributed by atoms with E-state index in [0.717, 1.165) is 42.9 Å². The number of benzene rings is 2. The number of nitrogens with zero attached hydrogens (tertiary/aromatic N) is 2. The fourth-order valence-corrected chi connectivity index (χ4v) is 6.89. The first-order chi connectivity index (χ1) is 19.2. The molecule has 0 atom stereocenters. The van der Waals surface area contributed by atoms with E-state index in [9.17, 15) is 13.2 Å². The van der Waals surface area contributed by atoms with E-state index in [1.54, 1.807) is 39.2 Å². The van der Waals surface area contributed by atoms with E-state index in [4.69, 9.17) is 9.15 Å². The van der Waals surface area contributed by atoms with E-state index < -0.39 is 10.0 Å². The molecule has 10 heteroatoms. The second kappa shape index (κ2) is 11.9. The van der Waals surface area contributed by atoms with Crippen LogP contribution in [0.25, 0.3) is 0 Å². The Hall–Kier alpha value is -3.63. The van der Waals surface area contributed by atoms with Crippen molar-refractivity contribution < 1.29 is 22.4 Å². The van der Waals surface area contributed by atoms with Crippen molar-refractivity contribution in [3.05, 3.63) is 82.3 Å². The molecule has 0 unspecified atom stereocenters. The van der Waals surface area contributed by atoms with E-state index in [0.29, 0.717) is 58.5 Å².